The highest BCUT2D eigenvalue weighted by Crippen LogP contribution is 2.27. The van der Waals surface area contributed by atoms with Crippen molar-refractivity contribution >= 4 is 17.2 Å². The Morgan fingerprint density at radius 3 is 2.73 bits per heavy atom. The zero-order chi connectivity index (χ0) is 21.1. The van der Waals surface area contributed by atoms with Crippen molar-refractivity contribution in [3.8, 4) is 11.3 Å². The number of aromatic amines is 1. The molecule has 4 heterocycles. The fraction of sp³-hybridized carbons (Fsp3) is 0.455. The first kappa shape index (κ1) is 20.5. The molecule has 30 heavy (non-hydrogen) atoms. The van der Waals surface area contributed by atoms with Crippen LogP contribution in [0.3, 0.4) is 0 Å². The molecule has 7 nitrogen and oxygen atoms in total. The predicted octanol–water partition coefficient (Wildman–Crippen LogP) is 3.50. The van der Waals surface area contributed by atoms with Gasteiger partial charge in [-0.05, 0) is 50.6 Å². The van der Waals surface area contributed by atoms with Gasteiger partial charge in [0.25, 0.3) is 5.56 Å². The summed E-state index contributed by atoms with van der Waals surface area (Å²) in [5, 5.41) is 8.43. The van der Waals surface area contributed by atoms with Crippen LogP contribution < -0.4 is 5.56 Å². The molecule has 3 aromatic rings. The molecule has 1 N–H and O–H groups in total. The zero-order valence-electron chi connectivity index (χ0n) is 17.4. The van der Waals surface area contributed by atoms with E-state index in [1.165, 1.54) is 0 Å². The minimum absolute atomic E-state index is 0.121. The molecule has 1 saturated heterocycles. The lowest BCUT2D eigenvalue weighted by Gasteiger charge is -2.31. The quantitative estimate of drug-likeness (QED) is 0.655. The Balaban J connectivity index is 1.31. The van der Waals surface area contributed by atoms with E-state index in [0.717, 1.165) is 54.3 Å². The van der Waals surface area contributed by atoms with E-state index in [1.54, 1.807) is 17.4 Å². The first-order valence-corrected chi connectivity index (χ1v) is 11.4. The number of aromatic nitrogens is 4. The lowest BCUT2D eigenvalue weighted by atomic mass is 9.95. The highest BCUT2D eigenvalue weighted by Gasteiger charge is 2.25. The Morgan fingerprint density at radius 1 is 1.27 bits per heavy atom. The van der Waals surface area contributed by atoms with Crippen LogP contribution in [0.15, 0.2) is 33.8 Å². The first-order chi connectivity index (χ1) is 14.5. The number of thiophene rings is 1. The van der Waals surface area contributed by atoms with E-state index >= 15 is 0 Å². The second-order valence-corrected chi connectivity index (χ2v) is 8.72. The maximum absolute atomic E-state index is 12.6. The summed E-state index contributed by atoms with van der Waals surface area (Å²) in [5.41, 5.74) is 3.71. The van der Waals surface area contributed by atoms with Gasteiger partial charge in [-0.15, -0.1) is 0 Å². The number of aryl methyl sites for hydroxylation is 3. The van der Waals surface area contributed by atoms with E-state index in [4.69, 9.17) is 4.98 Å². The minimum atomic E-state index is -0.121. The highest BCUT2D eigenvalue weighted by atomic mass is 32.1. The summed E-state index contributed by atoms with van der Waals surface area (Å²) in [6.45, 7) is 6.20. The Hall–Kier alpha value is -2.74. The van der Waals surface area contributed by atoms with E-state index in [1.807, 2.05) is 40.3 Å². The van der Waals surface area contributed by atoms with Crippen molar-refractivity contribution in [3.63, 3.8) is 0 Å². The molecule has 0 saturated carbocycles. The molecule has 0 atom stereocenters. The van der Waals surface area contributed by atoms with Gasteiger partial charge in [-0.25, -0.2) is 4.98 Å². The van der Waals surface area contributed by atoms with Gasteiger partial charge in [0.2, 0.25) is 5.91 Å². The maximum atomic E-state index is 12.6. The average molecular weight is 426 g/mol. The Kier molecular flexibility index (Phi) is 6.13. The molecule has 8 heteroatoms. The van der Waals surface area contributed by atoms with Gasteiger partial charge in [0.15, 0.2) is 0 Å². The molecule has 0 unspecified atom stereocenters. The highest BCUT2D eigenvalue weighted by molar-refractivity contribution is 7.08. The number of likely N-dealkylation sites (tertiary alicyclic amines) is 1. The standard InChI is InChI=1S/C22H27N5O2S/c1-15-12-16(2)27(25-15)8-3-4-21(29)26-9-5-17(6-10-26)22-23-19(13-20(28)24-22)18-7-11-30-14-18/h7,11-14,17H,3-6,8-10H2,1-2H3,(H,23,24,28). The van der Waals surface area contributed by atoms with Crippen molar-refractivity contribution in [1.29, 1.82) is 0 Å². The summed E-state index contributed by atoms with van der Waals surface area (Å²) < 4.78 is 1.97. The molecule has 158 valence electrons. The Bertz CT molecular complexity index is 1060. The van der Waals surface area contributed by atoms with Crippen LogP contribution in [0.25, 0.3) is 11.3 Å². The van der Waals surface area contributed by atoms with Gasteiger partial charge in [-0.3, -0.25) is 14.3 Å². The number of nitrogens with one attached hydrogen (secondary N) is 1. The molecule has 1 aliphatic rings. The number of nitrogens with zero attached hydrogens (tertiary/aromatic N) is 4. The van der Waals surface area contributed by atoms with Gasteiger partial charge in [0.05, 0.1) is 11.4 Å². The van der Waals surface area contributed by atoms with Crippen LogP contribution in [0.4, 0.5) is 0 Å². The number of rotatable bonds is 6. The average Bonchev–Trinajstić information content (AvgIpc) is 3.37. The van der Waals surface area contributed by atoms with Crippen LogP contribution >= 0.6 is 11.3 Å². The number of carbonyl (C=O) groups is 1. The van der Waals surface area contributed by atoms with Crippen LogP contribution in [0.2, 0.25) is 0 Å². The molecule has 0 aliphatic carbocycles. The van der Waals surface area contributed by atoms with Crippen molar-refractivity contribution in [2.24, 2.45) is 0 Å². The molecule has 0 spiro atoms. The molecule has 0 bridgehead atoms. The van der Waals surface area contributed by atoms with E-state index in [2.05, 4.69) is 16.1 Å². The van der Waals surface area contributed by atoms with Gasteiger partial charge in [0.1, 0.15) is 5.82 Å². The molecule has 3 aromatic heterocycles. The van der Waals surface area contributed by atoms with Gasteiger partial charge < -0.3 is 9.88 Å². The van der Waals surface area contributed by atoms with Crippen LogP contribution in [0.1, 0.15) is 48.8 Å². The third-order valence-corrected chi connectivity index (χ3v) is 6.36. The van der Waals surface area contributed by atoms with E-state index in [-0.39, 0.29) is 17.4 Å². The number of amides is 1. The van der Waals surface area contributed by atoms with Crippen LogP contribution in [-0.2, 0) is 11.3 Å². The molecule has 4 rings (SSSR count). The van der Waals surface area contributed by atoms with Crippen molar-refractivity contribution < 1.29 is 4.79 Å². The Morgan fingerprint density at radius 2 is 2.07 bits per heavy atom. The minimum Gasteiger partial charge on any atom is -0.343 e. The summed E-state index contributed by atoms with van der Waals surface area (Å²) in [5.74, 6) is 1.11. The van der Waals surface area contributed by atoms with E-state index < -0.39 is 0 Å². The third kappa shape index (κ3) is 4.70. The predicted molar refractivity (Wildman–Crippen MR) is 118 cm³/mol. The molecular weight excluding hydrogens is 398 g/mol. The molecule has 1 aliphatic heterocycles. The number of piperidine rings is 1. The fourth-order valence-corrected chi connectivity index (χ4v) is 4.72. The molecule has 1 amide bonds. The third-order valence-electron chi connectivity index (χ3n) is 5.68. The molecule has 1 fully saturated rings. The monoisotopic (exact) mass is 425 g/mol. The topological polar surface area (TPSA) is 83.9 Å². The first-order valence-electron chi connectivity index (χ1n) is 10.4. The zero-order valence-corrected chi connectivity index (χ0v) is 18.2. The normalized spacial score (nSPS) is 14.9. The van der Waals surface area contributed by atoms with Crippen LogP contribution in [0.5, 0.6) is 0 Å². The van der Waals surface area contributed by atoms with Gasteiger partial charge in [0, 0.05) is 54.7 Å². The number of H-pyrrole nitrogens is 1. The number of carbonyl (C=O) groups excluding carboxylic acids is 1. The van der Waals surface area contributed by atoms with Crippen molar-refractivity contribution in [2.75, 3.05) is 13.1 Å². The maximum Gasteiger partial charge on any atom is 0.251 e. The lowest BCUT2D eigenvalue weighted by Crippen LogP contribution is -2.38. The van der Waals surface area contributed by atoms with Crippen molar-refractivity contribution in [2.45, 2.75) is 52.0 Å². The number of hydrogen-bond acceptors (Lipinski definition) is 5. The van der Waals surface area contributed by atoms with Crippen LogP contribution in [0, 0.1) is 13.8 Å². The van der Waals surface area contributed by atoms with E-state index in [9.17, 15) is 9.59 Å². The summed E-state index contributed by atoms with van der Waals surface area (Å²) in [7, 11) is 0. The smallest absolute Gasteiger partial charge is 0.251 e. The van der Waals surface area contributed by atoms with Gasteiger partial charge in [-0.1, -0.05) is 0 Å². The van der Waals surface area contributed by atoms with Crippen molar-refractivity contribution in [1.82, 2.24) is 24.6 Å². The second kappa shape index (κ2) is 8.95. The number of hydrogen-bond donors (Lipinski definition) is 1. The van der Waals surface area contributed by atoms with Crippen molar-refractivity contribution in [3.05, 3.63) is 56.5 Å². The van der Waals surface area contributed by atoms with E-state index in [0.29, 0.717) is 19.5 Å². The molecule has 0 radical (unpaired) electrons. The second-order valence-electron chi connectivity index (χ2n) is 7.94. The SMILES string of the molecule is Cc1cc(C)n(CCCC(=O)N2CCC(c3nc(-c4ccsc4)cc(=O)[nH]3)CC2)n1. The largest absolute Gasteiger partial charge is 0.343 e. The summed E-state index contributed by atoms with van der Waals surface area (Å²) >= 11 is 1.59. The Labute approximate surface area is 179 Å². The van der Waals surface area contributed by atoms with Gasteiger partial charge in [-0.2, -0.15) is 16.4 Å². The summed E-state index contributed by atoms with van der Waals surface area (Å²) in [6.07, 6.45) is 2.96. The summed E-state index contributed by atoms with van der Waals surface area (Å²) in [6, 6.07) is 5.58. The molecule has 0 aromatic carbocycles. The fourth-order valence-electron chi connectivity index (χ4n) is 4.07. The van der Waals surface area contributed by atoms with Crippen LogP contribution in [-0.4, -0.2) is 43.6 Å². The van der Waals surface area contributed by atoms with Gasteiger partial charge >= 0.3 is 0 Å². The summed E-state index contributed by atoms with van der Waals surface area (Å²) in [4.78, 5) is 34.3. The lowest BCUT2D eigenvalue weighted by molar-refractivity contribution is -0.132. The molecular formula is C22H27N5O2S.